The summed E-state index contributed by atoms with van der Waals surface area (Å²) in [5.41, 5.74) is 1.87. The third-order valence-electron chi connectivity index (χ3n) is 3.55. The van der Waals surface area contributed by atoms with Crippen molar-refractivity contribution in [2.45, 2.75) is 13.2 Å². The summed E-state index contributed by atoms with van der Waals surface area (Å²) in [4.78, 5) is 12.1. The summed E-state index contributed by atoms with van der Waals surface area (Å²) >= 11 is 6.10. The van der Waals surface area contributed by atoms with Crippen LogP contribution in [0.4, 0.5) is 0 Å². The molecule has 0 aliphatic rings. The molecule has 0 saturated carbocycles. The van der Waals surface area contributed by atoms with E-state index in [1.54, 1.807) is 36.2 Å². The van der Waals surface area contributed by atoms with Gasteiger partial charge in [-0.15, -0.1) is 5.10 Å². The van der Waals surface area contributed by atoms with Gasteiger partial charge in [0.1, 0.15) is 12.4 Å². The molecule has 7 heteroatoms. The van der Waals surface area contributed by atoms with Crippen LogP contribution in [0.1, 0.15) is 21.6 Å². The minimum absolute atomic E-state index is 0.0282. The van der Waals surface area contributed by atoms with E-state index >= 15 is 0 Å². The molecular formula is C18H16ClN3O3. The maximum atomic E-state index is 12.1. The monoisotopic (exact) mass is 357 g/mol. The quantitative estimate of drug-likeness (QED) is 0.633. The number of methoxy groups -OCH3 is 1. The average molecular weight is 358 g/mol. The Morgan fingerprint density at radius 1 is 1.20 bits per heavy atom. The molecule has 3 rings (SSSR count). The Balaban J connectivity index is 1.62. The molecule has 0 N–H and O–H groups in total. The number of carbonyl (C=O) groups is 1. The fourth-order valence-electron chi connectivity index (χ4n) is 2.25. The first-order valence-electron chi connectivity index (χ1n) is 7.59. The molecule has 0 saturated heterocycles. The van der Waals surface area contributed by atoms with Crippen LogP contribution >= 0.6 is 11.6 Å². The molecule has 0 unspecified atom stereocenters. The van der Waals surface area contributed by atoms with Gasteiger partial charge in [-0.1, -0.05) is 47.1 Å². The van der Waals surface area contributed by atoms with Crippen molar-refractivity contribution in [2.75, 3.05) is 7.11 Å². The van der Waals surface area contributed by atoms with Gasteiger partial charge < -0.3 is 9.47 Å². The number of benzene rings is 2. The first-order valence-corrected chi connectivity index (χ1v) is 7.97. The lowest BCUT2D eigenvalue weighted by atomic mass is 10.2. The van der Waals surface area contributed by atoms with E-state index in [4.69, 9.17) is 21.1 Å². The van der Waals surface area contributed by atoms with Crippen LogP contribution in [0.5, 0.6) is 5.75 Å². The Kier molecular flexibility index (Phi) is 5.30. The van der Waals surface area contributed by atoms with Gasteiger partial charge in [-0.3, -0.25) is 0 Å². The second-order valence-corrected chi connectivity index (χ2v) is 5.73. The van der Waals surface area contributed by atoms with Gasteiger partial charge in [0.15, 0.2) is 5.69 Å². The summed E-state index contributed by atoms with van der Waals surface area (Å²) in [7, 11) is 1.56. The molecule has 2 aromatic carbocycles. The highest BCUT2D eigenvalue weighted by atomic mass is 35.5. The summed E-state index contributed by atoms with van der Waals surface area (Å²) in [6, 6.07) is 14.9. The van der Waals surface area contributed by atoms with Crippen LogP contribution in [0.2, 0.25) is 5.02 Å². The lowest BCUT2D eigenvalue weighted by molar-refractivity contribution is 0.0465. The Labute approximate surface area is 149 Å². The predicted octanol–water partition coefficient (Wildman–Crippen LogP) is 3.35. The van der Waals surface area contributed by atoms with E-state index in [1.165, 1.54) is 0 Å². The minimum Gasteiger partial charge on any atom is -0.497 e. The van der Waals surface area contributed by atoms with Gasteiger partial charge in [0.25, 0.3) is 0 Å². The number of rotatable bonds is 6. The number of halogens is 1. The van der Waals surface area contributed by atoms with E-state index in [0.717, 1.165) is 5.56 Å². The first-order chi connectivity index (χ1) is 12.2. The van der Waals surface area contributed by atoms with Crippen LogP contribution < -0.4 is 4.74 Å². The number of aromatic nitrogens is 3. The van der Waals surface area contributed by atoms with Crippen molar-refractivity contribution in [2.24, 2.45) is 0 Å². The standard InChI is InChI=1S/C18H16ClN3O3/c1-24-15-7-8-16(19)14(9-15)12-25-18(23)17-11-22(21-20-17)10-13-5-3-2-4-6-13/h2-9,11H,10,12H2,1H3. The molecule has 0 amide bonds. The summed E-state index contributed by atoms with van der Waals surface area (Å²) in [5.74, 6) is 0.0856. The third kappa shape index (κ3) is 4.36. The maximum absolute atomic E-state index is 12.1. The number of hydrogen-bond donors (Lipinski definition) is 0. The Bertz CT molecular complexity index is 865. The number of hydrogen-bond acceptors (Lipinski definition) is 5. The van der Waals surface area contributed by atoms with Crippen molar-refractivity contribution in [3.63, 3.8) is 0 Å². The topological polar surface area (TPSA) is 66.2 Å². The van der Waals surface area contributed by atoms with Crippen molar-refractivity contribution in [1.82, 2.24) is 15.0 Å². The van der Waals surface area contributed by atoms with E-state index in [1.807, 2.05) is 30.3 Å². The Morgan fingerprint density at radius 3 is 2.76 bits per heavy atom. The first kappa shape index (κ1) is 17.0. The molecule has 0 aliphatic heterocycles. The number of ether oxygens (including phenoxy) is 2. The van der Waals surface area contributed by atoms with Gasteiger partial charge in [-0.05, 0) is 23.8 Å². The van der Waals surface area contributed by atoms with Gasteiger partial charge in [0.05, 0.1) is 19.9 Å². The van der Waals surface area contributed by atoms with Crippen molar-refractivity contribution in [3.05, 3.63) is 76.6 Å². The molecule has 6 nitrogen and oxygen atoms in total. The molecule has 0 atom stereocenters. The van der Waals surface area contributed by atoms with Gasteiger partial charge in [-0.25, -0.2) is 9.48 Å². The zero-order valence-corrected chi connectivity index (χ0v) is 14.3. The molecule has 1 aromatic heterocycles. The fourth-order valence-corrected chi connectivity index (χ4v) is 2.42. The zero-order valence-electron chi connectivity index (χ0n) is 13.6. The highest BCUT2D eigenvalue weighted by Gasteiger charge is 2.14. The van der Waals surface area contributed by atoms with Crippen LogP contribution in [0, 0.1) is 0 Å². The number of esters is 1. The Hall–Kier alpha value is -2.86. The van der Waals surface area contributed by atoms with E-state index in [-0.39, 0.29) is 12.3 Å². The van der Waals surface area contributed by atoms with Gasteiger partial charge in [0.2, 0.25) is 0 Å². The molecular weight excluding hydrogens is 342 g/mol. The lowest BCUT2D eigenvalue weighted by Gasteiger charge is -2.07. The molecule has 3 aromatic rings. The molecule has 128 valence electrons. The van der Waals surface area contributed by atoms with Crippen molar-refractivity contribution in [3.8, 4) is 5.75 Å². The van der Waals surface area contributed by atoms with Crippen LogP contribution in [-0.2, 0) is 17.9 Å². The molecule has 25 heavy (non-hydrogen) atoms. The summed E-state index contributed by atoms with van der Waals surface area (Å²) in [6.07, 6.45) is 1.56. The van der Waals surface area contributed by atoms with Crippen LogP contribution in [0.3, 0.4) is 0 Å². The average Bonchev–Trinajstić information content (AvgIpc) is 3.10. The van der Waals surface area contributed by atoms with E-state index < -0.39 is 5.97 Å². The minimum atomic E-state index is -0.557. The summed E-state index contributed by atoms with van der Waals surface area (Å²) in [5, 5.41) is 8.31. The van der Waals surface area contributed by atoms with E-state index in [0.29, 0.717) is 22.9 Å². The summed E-state index contributed by atoms with van der Waals surface area (Å²) < 4.78 is 12.0. The maximum Gasteiger partial charge on any atom is 0.360 e. The van der Waals surface area contributed by atoms with Crippen molar-refractivity contribution >= 4 is 17.6 Å². The largest absolute Gasteiger partial charge is 0.497 e. The smallest absolute Gasteiger partial charge is 0.360 e. The predicted molar refractivity (Wildman–Crippen MR) is 92.7 cm³/mol. The molecule has 0 spiro atoms. The number of carbonyl (C=O) groups excluding carboxylic acids is 1. The molecule has 0 fully saturated rings. The highest BCUT2D eigenvalue weighted by Crippen LogP contribution is 2.22. The summed E-state index contributed by atoms with van der Waals surface area (Å²) in [6.45, 7) is 0.559. The van der Waals surface area contributed by atoms with Gasteiger partial charge >= 0.3 is 5.97 Å². The van der Waals surface area contributed by atoms with Gasteiger partial charge in [0, 0.05) is 10.6 Å². The van der Waals surface area contributed by atoms with Crippen LogP contribution in [-0.4, -0.2) is 28.1 Å². The van der Waals surface area contributed by atoms with E-state index in [2.05, 4.69) is 10.3 Å². The second-order valence-electron chi connectivity index (χ2n) is 5.32. The second kappa shape index (κ2) is 7.81. The molecule has 0 radical (unpaired) electrons. The lowest BCUT2D eigenvalue weighted by Crippen LogP contribution is -2.06. The normalized spacial score (nSPS) is 10.5. The van der Waals surface area contributed by atoms with Crippen LogP contribution in [0.15, 0.2) is 54.7 Å². The van der Waals surface area contributed by atoms with Crippen molar-refractivity contribution < 1.29 is 14.3 Å². The van der Waals surface area contributed by atoms with Crippen LogP contribution in [0.25, 0.3) is 0 Å². The SMILES string of the molecule is COc1ccc(Cl)c(COC(=O)c2cn(Cc3ccccc3)nn2)c1. The molecule has 1 heterocycles. The molecule has 0 bridgehead atoms. The highest BCUT2D eigenvalue weighted by molar-refractivity contribution is 6.31. The number of nitrogens with zero attached hydrogens (tertiary/aromatic N) is 3. The van der Waals surface area contributed by atoms with E-state index in [9.17, 15) is 4.79 Å². The van der Waals surface area contributed by atoms with Crippen molar-refractivity contribution in [1.29, 1.82) is 0 Å². The third-order valence-corrected chi connectivity index (χ3v) is 3.92. The zero-order chi connectivity index (χ0) is 17.6. The molecule has 0 aliphatic carbocycles. The van der Waals surface area contributed by atoms with Gasteiger partial charge in [-0.2, -0.15) is 0 Å². The fraction of sp³-hybridized carbons (Fsp3) is 0.167. The Morgan fingerprint density at radius 2 is 2.00 bits per heavy atom.